The number of nitrogens with zero attached hydrogens (tertiary/aromatic N) is 1. The molecule has 1 spiro atoms. The van der Waals surface area contributed by atoms with Gasteiger partial charge in [0.15, 0.2) is 0 Å². The third-order valence-electron chi connectivity index (χ3n) is 7.55. The van der Waals surface area contributed by atoms with E-state index in [4.69, 9.17) is 9.47 Å². The minimum atomic E-state index is -0.356. The van der Waals surface area contributed by atoms with Gasteiger partial charge in [0.1, 0.15) is 18.1 Å². The Kier molecular flexibility index (Phi) is 9.45. The van der Waals surface area contributed by atoms with Crippen LogP contribution in [0.25, 0.3) is 0 Å². The predicted molar refractivity (Wildman–Crippen MR) is 145 cm³/mol. The lowest BCUT2D eigenvalue weighted by atomic mass is 9.73. The fraction of sp³-hybridized carbons (Fsp3) is 0.533. The van der Waals surface area contributed by atoms with Crippen molar-refractivity contribution < 1.29 is 19.1 Å². The first-order valence-electron chi connectivity index (χ1n) is 13.7. The van der Waals surface area contributed by atoms with Crippen LogP contribution in [0.5, 0.6) is 11.5 Å². The van der Waals surface area contributed by atoms with E-state index in [0.29, 0.717) is 31.1 Å². The number of hydrogen-bond donors (Lipinski definition) is 2. The standard InChI is InChI=1S/C30H41N3O4/c1-3-36-25-13-11-24(12-14-25)21-33-19-16-30(17-20-33)15-7-4-8-18-31-28(34)26-9-5-6-10-27(26)37-22-23(2)32-29(30)35/h5-6,9-14,23H,3-4,7-8,15-22H2,1-2H3,(H,31,34)(H,32,35)/t23-/m0/s1. The van der Waals surface area contributed by atoms with Crippen LogP contribution < -0.4 is 20.1 Å². The minimum Gasteiger partial charge on any atom is -0.494 e. The molecule has 0 bridgehead atoms. The van der Waals surface area contributed by atoms with Gasteiger partial charge in [-0.1, -0.05) is 37.1 Å². The number of benzene rings is 2. The molecular weight excluding hydrogens is 466 g/mol. The van der Waals surface area contributed by atoms with Gasteiger partial charge >= 0.3 is 0 Å². The summed E-state index contributed by atoms with van der Waals surface area (Å²) in [5.74, 6) is 1.48. The lowest BCUT2D eigenvalue weighted by molar-refractivity contribution is -0.135. The minimum absolute atomic E-state index is 0.112. The molecule has 1 atom stereocenters. The summed E-state index contributed by atoms with van der Waals surface area (Å²) in [5, 5.41) is 6.26. The monoisotopic (exact) mass is 507 g/mol. The molecule has 37 heavy (non-hydrogen) atoms. The zero-order valence-electron chi connectivity index (χ0n) is 22.3. The predicted octanol–water partition coefficient (Wildman–Crippen LogP) is 4.56. The smallest absolute Gasteiger partial charge is 0.255 e. The summed E-state index contributed by atoms with van der Waals surface area (Å²) in [7, 11) is 0. The van der Waals surface area contributed by atoms with Crippen molar-refractivity contribution in [3.63, 3.8) is 0 Å². The number of piperidine rings is 1. The van der Waals surface area contributed by atoms with E-state index in [1.807, 2.05) is 44.2 Å². The molecule has 0 aromatic heterocycles. The van der Waals surface area contributed by atoms with Crippen LogP contribution >= 0.6 is 0 Å². The van der Waals surface area contributed by atoms with E-state index in [1.54, 1.807) is 6.07 Å². The Balaban J connectivity index is 1.39. The van der Waals surface area contributed by atoms with Gasteiger partial charge in [0, 0.05) is 13.1 Å². The highest BCUT2D eigenvalue weighted by molar-refractivity contribution is 5.96. The number of nitrogens with one attached hydrogen (secondary N) is 2. The molecule has 200 valence electrons. The largest absolute Gasteiger partial charge is 0.494 e. The molecule has 7 nitrogen and oxygen atoms in total. The average Bonchev–Trinajstić information content (AvgIpc) is 2.91. The van der Waals surface area contributed by atoms with Crippen LogP contribution in [0.1, 0.15) is 68.3 Å². The summed E-state index contributed by atoms with van der Waals surface area (Å²) < 4.78 is 11.5. The van der Waals surface area contributed by atoms with Gasteiger partial charge in [-0.25, -0.2) is 0 Å². The van der Waals surface area contributed by atoms with Gasteiger partial charge in [-0.3, -0.25) is 14.5 Å². The molecule has 2 aliphatic rings. The van der Waals surface area contributed by atoms with Crippen LogP contribution in [-0.2, 0) is 11.3 Å². The molecule has 2 amide bonds. The number of ether oxygens (including phenoxy) is 2. The first-order valence-corrected chi connectivity index (χ1v) is 13.7. The SMILES string of the molecule is CCOc1ccc(CN2CCC3(CCCCCNC(=O)c4ccccc4OC[C@H](C)NC3=O)CC2)cc1. The van der Waals surface area contributed by atoms with Crippen molar-refractivity contribution in [2.75, 3.05) is 32.8 Å². The Morgan fingerprint density at radius 3 is 2.51 bits per heavy atom. The van der Waals surface area contributed by atoms with Crippen molar-refractivity contribution in [2.45, 2.75) is 65.0 Å². The van der Waals surface area contributed by atoms with Crippen molar-refractivity contribution >= 4 is 11.8 Å². The third-order valence-corrected chi connectivity index (χ3v) is 7.55. The fourth-order valence-corrected chi connectivity index (χ4v) is 5.32. The zero-order valence-corrected chi connectivity index (χ0v) is 22.3. The Morgan fingerprint density at radius 1 is 1.00 bits per heavy atom. The molecule has 0 radical (unpaired) electrons. The second-order valence-corrected chi connectivity index (χ2v) is 10.4. The summed E-state index contributed by atoms with van der Waals surface area (Å²) in [6, 6.07) is 15.4. The molecule has 0 saturated carbocycles. The summed E-state index contributed by atoms with van der Waals surface area (Å²) >= 11 is 0. The molecule has 1 fully saturated rings. The number of carbonyl (C=O) groups excluding carboxylic acids is 2. The van der Waals surface area contributed by atoms with Crippen LogP contribution in [-0.4, -0.2) is 55.6 Å². The van der Waals surface area contributed by atoms with Gasteiger partial charge in [-0.15, -0.1) is 0 Å². The van der Waals surface area contributed by atoms with Gasteiger partial charge in [0.2, 0.25) is 5.91 Å². The maximum absolute atomic E-state index is 13.6. The summed E-state index contributed by atoms with van der Waals surface area (Å²) in [5.41, 5.74) is 1.44. The van der Waals surface area contributed by atoms with E-state index >= 15 is 0 Å². The van der Waals surface area contributed by atoms with Gasteiger partial charge in [-0.05, 0) is 82.4 Å². The topological polar surface area (TPSA) is 79.9 Å². The molecule has 2 aromatic carbocycles. The average molecular weight is 508 g/mol. The van der Waals surface area contributed by atoms with Crippen molar-refractivity contribution in [3.8, 4) is 11.5 Å². The van der Waals surface area contributed by atoms with E-state index in [2.05, 4.69) is 27.7 Å². The summed E-state index contributed by atoms with van der Waals surface area (Å²) in [4.78, 5) is 28.7. The maximum atomic E-state index is 13.6. The highest BCUT2D eigenvalue weighted by Crippen LogP contribution is 2.38. The molecule has 2 aliphatic heterocycles. The summed E-state index contributed by atoms with van der Waals surface area (Å²) in [6.07, 6.45) is 5.43. The number of hydrogen-bond acceptors (Lipinski definition) is 5. The molecule has 7 heteroatoms. The molecule has 0 unspecified atom stereocenters. The number of rotatable bonds is 4. The Hall–Kier alpha value is -3.06. The van der Waals surface area contributed by atoms with Crippen LogP contribution in [0.4, 0.5) is 0 Å². The fourth-order valence-electron chi connectivity index (χ4n) is 5.32. The van der Waals surface area contributed by atoms with Gasteiger partial charge in [0.05, 0.1) is 23.6 Å². The van der Waals surface area contributed by atoms with Crippen LogP contribution in [0, 0.1) is 5.41 Å². The third kappa shape index (κ3) is 7.25. The Morgan fingerprint density at radius 2 is 1.76 bits per heavy atom. The van der Waals surface area contributed by atoms with Crippen LogP contribution in [0.2, 0.25) is 0 Å². The van der Waals surface area contributed by atoms with E-state index in [-0.39, 0.29) is 23.3 Å². The van der Waals surface area contributed by atoms with Crippen molar-refractivity contribution in [1.82, 2.24) is 15.5 Å². The molecule has 4 rings (SSSR count). The van der Waals surface area contributed by atoms with E-state index in [9.17, 15) is 9.59 Å². The van der Waals surface area contributed by atoms with E-state index < -0.39 is 0 Å². The second-order valence-electron chi connectivity index (χ2n) is 10.4. The van der Waals surface area contributed by atoms with Crippen LogP contribution in [0.15, 0.2) is 48.5 Å². The molecular formula is C30H41N3O4. The van der Waals surface area contributed by atoms with E-state index in [0.717, 1.165) is 63.9 Å². The van der Waals surface area contributed by atoms with Gasteiger partial charge in [0.25, 0.3) is 5.91 Å². The lowest BCUT2D eigenvalue weighted by Crippen LogP contribution is -2.51. The maximum Gasteiger partial charge on any atom is 0.255 e. The number of fused-ring (bicyclic) bond motifs is 1. The molecule has 2 heterocycles. The van der Waals surface area contributed by atoms with Gasteiger partial charge in [-0.2, -0.15) is 0 Å². The van der Waals surface area contributed by atoms with Gasteiger partial charge < -0.3 is 20.1 Å². The first-order chi connectivity index (χ1) is 18.0. The van der Waals surface area contributed by atoms with Crippen LogP contribution in [0.3, 0.4) is 0 Å². The molecule has 1 saturated heterocycles. The lowest BCUT2D eigenvalue weighted by Gasteiger charge is -2.41. The van der Waals surface area contributed by atoms with Crippen molar-refractivity contribution in [2.24, 2.45) is 5.41 Å². The number of amides is 2. The quantitative estimate of drug-likeness (QED) is 0.635. The first kappa shape index (κ1) is 27.0. The number of likely N-dealkylation sites (tertiary alicyclic amines) is 1. The highest BCUT2D eigenvalue weighted by atomic mass is 16.5. The Bertz CT molecular complexity index is 1030. The molecule has 2 N–H and O–H groups in total. The molecule has 0 aliphatic carbocycles. The Labute approximate surface area is 220 Å². The summed E-state index contributed by atoms with van der Waals surface area (Å²) in [6.45, 7) is 8.24. The van der Waals surface area contributed by atoms with Crippen molar-refractivity contribution in [1.29, 1.82) is 0 Å². The van der Waals surface area contributed by atoms with E-state index in [1.165, 1.54) is 5.56 Å². The highest BCUT2D eigenvalue weighted by Gasteiger charge is 2.41. The number of carbonyl (C=O) groups is 2. The number of para-hydroxylation sites is 1. The zero-order chi connectivity index (χ0) is 26.1. The second kappa shape index (κ2) is 13.0. The van der Waals surface area contributed by atoms with Crippen molar-refractivity contribution in [3.05, 3.63) is 59.7 Å². The molecule has 2 aromatic rings. The normalized spacial score (nSPS) is 21.5.